The van der Waals surface area contributed by atoms with Crippen LogP contribution in [0.25, 0.3) is 27.4 Å². The van der Waals surface area contributed by atoms with Gasteiger partial charge in [0.1, 0.15) is 5.75 Å². The third-order valence-electron chi connectivity index (χ3n) is 4.13. The predicted octanol–water partition coefficient (Wildman–Crippen LogP) is 3.90. The number of hydrogen-bond donors (Lipinski definition) is 1. The molecule has 4 rings (SSSR count). The van der Waals surface area contributed by atoms with Crippen LogP contribution in [0.1, 0.15) is 0 Å². The number of benzene rings is 2. The summed E-state index contributed by atoms with van der Waals surface area (Å²) < 4.78 is 12.1. The Bertz CT molecular complexity index is 1050. The molecule has 0 fully saturated rings. The molecular formula is C19H16N2O3. The van der Waals surface area contributed by atoms with Crippen molar-refractivity contribution in [1.82, 2.24) is 9.55 Å². The first-order chi connectivity index (χ1) is 11.7. The lowest BCUT2D eigenvalue weighted by Crippen LogP contribution is -1.92. The van der Waals surface area contributed by atoms with Crippen molar-refractivity contribution in [3.8, 4) is 23.2 Å². The number of aromatic hydroxyl groups is 1. The van der Waals surface area contributed by atoms with Gasteiger partial charge < -0.3 is 14.6 Å². The summed E-state index contributed by atoms with van der Waals surface area (Å²) in [5, 5.41) is 13.3. The zero-order valence-electron chi connectivity index (χ0n) is 13.4. The maximum Gasteiger partial charge on any atom is 0.213 e. The zero-order chi connectivity index (χ0) is 16.7. The molecule has 0 amide bonds. The number of ether oxygens (including phenoxy) is 2. The molecule has 0 aliphatic rings. The molecule has 0 unspecified atom stereocenters. The molecule has 0 aliphatic heterocycles. The van der Waals surface area contributed by atoms with E-state index in [-0.39, 0.29) is 5.88 Å². The second-order valence-corrected chi connectivity index (χ2v) is 5.51. The second kappa shape index (κ2) is 5.45. The van der Waals surface area contributed by atoms with E-state index >= 15 is 0 Å². The molecule has 0 radical (unpaired) electrons. The summed E-state index contributed by atoms with van der Waals surface area (Å²) in [5.41, 5.74) is 1.71. The number of hydrogen-bond acceptors (Lipinski definition) is 4. The fraction of sp³-hybridized carbons (Fsp3) is 0.105. The molecule has 2 heterocycles. The summed E-state index contributed by atoms with van der Waals surface area (Å²) in [7, 11) is 3.21. The maximum atomic E-state index is 10.6. The van der Waals surface area contributed by atoms with Gasteiger partial charge in [0.05, 0.1) is 19.7 Å². The molecule has 4 aromatic rings. The minimum atomic E-state index is 0.185. The molecule has 5 heteroatoms. The molecule has 24 heavy (non-hydrogen) atoms. The van der Waals surface area contributed by atoms with Crippen molar-refractivity contribution in [3.05, 3.63) is 54.7 Å². The molecule has 0 atom stereocenters. The van der Waals surface area contributed by atoms with Crippen molar-refractivity contribution in [2.45, 2.75) is 0 Å². The van der Waals surface area contributed by atoms with Gasteiger partial charge >= 0.3 is 0 Å². The van der Waals surface area contributed by atoms with Gasteiger partial charge in [0.25, 0.3) is 0 Å². The number of rotatable bonds is 3. The SMILES string of the molecule is COc1ccc2cn(-c3ccc4nc(OC)ccc4c3)c(O)c2c1. The Morgan fingerprint density at radius 3 is 2.54 bits per heavy atom. The maximum absolute atomic E-state index is 10.6. The van der Waals surface area contributed by atoms with E-state index in [1.54, 1.807) is 18.8 Å². The van der Waals surface area contributed by atoms with Gasteiger partial charge in [-0.3, -0.25) is 4.57 Å². The van der Waals surface area contributed by atoms with E-state index in [4.69, 9.17) is 9.47 Å². The molecule has 2 aromatic heterocycles. The highest BCUT2D eigenvalue weighted by Gasteiger charge is 2.11. The molecule has 0 saturated carbocycles. The van der Waals surface area contributed by atoms with Gasteiger partial charge in [0.2, 0.25) is 11.8 Å². The van der Waals surface area contributed by atoms with Crippen LogP contribution in [0, 0.1) is 0 Å². The number of aromatic nitrogens is 2. The molecular weight excluding hydrogens is 304 g/mol. The van der Waals surface area contributed by atoms with E-state index in [0.29, 0.717) is 11.6 Å². The van der Waals surface area contributed by atoms with Crippen LogP contribution in [0.2, 0.25) is 0 Å². The number of methoxy groups -OCH3 is 2. The van der Waals surface area contributed by atoms with E-state index in [0.717, 1.165) is 27.4 Å². The standard InChI is InChI=1S/C19H16N2O3/c1-23-15-6-3-13-11-21(19(22)16(13)10-15)14-5-7-17-12(9-14)4-8-18(20-17)24-2/h3-11,22H,1-2H3. The molecule has 120 valence electrons. The molecule has 2 aromatic carbocycles. The number of nitrogens with zero attached hydrogens (tertiary/aromatic N) is 2. The fourth-order valence-electron chi connectivity index (χ4n) is 2.85. The molecule has 0 bridgehead atoms. The van der Waals surface area contributed by atoms with Crippen LogP contribution in [-0.2, 0) is 0 Å². The van der Waals surface area contributed by atoms with E-state index < -0.39 is 0 Å². The van der Waals surface area contributed by atoms with Crippen LogP contribution in [0.5, 0.6) is 17.5 Å². The Labute approximate surface area is 138 Å². The monoisotopic (exact) mass is 320 g/mol. The average molecular weight is 320 g/mol. The average Bonchev–Trinajstić information content (AvgIpc) is 2.97. The number of fused-ring (bicyclic) bond motifs is 2. The Hall–Kier alpha value is -3.21. The van der Waals surface area contributed by atoms with Gasteiger partial charge in [-0.15, -0.1) is 0 Å². The minimum absolute atomic E-state index is 0.185. The third-order valence-corrected chi connectivity index (χ3v) is 4.13. The minimum Gasteiger partial charge on any atom is -0.497 e. The van der Waals surface area contributed by atoms with Gasteiger partial charge in [0, 0.05) is 34.1 Å². The van der Waals surface area contributed by atoms with Crippen LogP contribution in [0.3, 0.4) is 0 Å². The molecule has 5 nitrogen and oxygen atoms in total. The normalized spacial score (nSPS) is 11.1. The van der Waals surface area contributed by atoms with Crippen LogP contribution < -0.4 is 9.47 Å². The third kappa shape index (κ3) is 2.22. The summed E-state index contributed by atoms with van der Waals surface area (Å²) in [5.74, 6) is 1.48. The largest absolute Gasteiger partial charge is 0.497 e. The second-order valence-electron chi connectivity index (χ2n) is 5.51. The van der Waals surface area contributed by atoms with E-state index in [2.05, 4.69) is 4.98 Å². The Kier molecular flexibility index (Phi) is 3.27. The summed E-state index contributed by atoms with van der Waals surface area (Å²) in [6.45, 7) is 0. The van der Waals surface area contributed by atoms with Crippen molar-refractivity contribution >= 4 is 21.7 Å². The quantitative estimate of drug-likeness (QED) is 0.622. The van der Waals surface area contributed by atoms with Crippen LogP contribution in [0.15, 0.2) is 54.7 Å². The van der Waals surface area contributed by atoms with Gasteiger partial charge in [-0.05, 0) is 42.5 Å². The Balaban J connectivity index is 1.87. The summed E-state index contributed by atoms with van der Waals surface area (Å²) >= 11 is 0. The highest BCUT2D eigenvalue weighted by molar-refractivity contribution is 5.90. The van der Waals surface area contributed by atoms with Gasteiger partial charge in [-0.25, -0.2) is 4.98 Å². The first-order valence-electron chi connectivity index (χ1n) is 7.53. The molecule has 1 N–H and O–H groups in total. The lowest BCUT2D eigenvalue weighted by atomic mass is 10.2. The van der Waals surface area contributed by atoms with Gasteiger partial charge in [-0.1, -0.05) is 0 Å². The Morgan fingerprint density at radius 1 is 0.917 bits per heavy atom. The highest BCUT2D eigenvalue weighted by Crippen LogP contribution is 2.33. The number of pyridine rings is 1. The van der Waals surface area contributed by atoms with Crippen molar-refractivity contribution in [2.24, 2.45) is 0 Å². The predicted molar refractivity (Wildman–Crippen MR) is 93.3 cm³/mol. The van der Waals surface area contributed by atoms with Gasteiger partial charge in [-0.2, -0.15) is 0 Å². The van der Waals surface area contributed by atoms with E-state index in [1.807, 2.05) is 54.7 Å². The van der Waals surface area contributed by atoms with Crippen LogP contribution >= 0.6 is 0 Å². The van der Waals surface area contributed by atoms with Crippen molar-refractivity contribution in [1.29, 1.82) is 0 Å². The van der Waals surface area contributed by atoms with Crippen LogP contribution in [-0.4, -0.2) is 28.9 Å². The first kappa shape index (κ1) is 14.4. The smallest absolute Gasteiger partial charge is 0.213 e. The zero-order valence-corrected chi connectivity index (χ0v) is 13.4. The first-order valence-corrected chi connectivity index (χ1v) is 7.53. The lowest BCUT2D eigenvalue weighted by Gasteiger charge is -2.07. The summed E-state index contributed by atoms with van der Waals surface area (Å²) in [6, 6.07) is 15.2. The van der Waals surface area contributed by atoms with Crippen molar-refractivity contribution in [3.63, 3.8) is 0 Å². The highest BCUT2D eigenvalue weighted by atomic mass is 16.5. The van der Waals surface area contributed by atoms with Crippen molar-refractivity contribution in [2.75, 3.05) is 14.2 Å². The fourth-order valence-corrected chi connectivity index (χ4v) is 2.85. The molecule has 0 spiro atoms. The summed E-state index contributed by atoms with van der Waals surface area (Å²) in [4.78, 5) is 4.41. The van der Waals surface area contributed by atoms with E-state index in [1.165, 1.54) is 0 Å². The summed E-state index contributed by atoms with van der Waals surface area (Å²) in [6.07, 6.45) is 1.90. The topological polar surface area (TPSA) is 56.5 Å². The molecule has 0 saturated heterocycles. The van der Waals surface area contributed by atoms with Crippen LogP contribution in [0.4, 0.5) is 0 Å². The molecule has 0 aliphatic carbocycles. The van der Waals surface area contributed by atoms with Crippen molar-refractivity contribution < 1.29 is 14.6 Å². The van der Waals surface area contributed by atoms with Gasteiger partial charge in [0.15, 0.2) is 0 Å². The van der Waals surface area contributed by atoms with E-state index in [9.17, 15) is 5.11 Å². The Morgan fingerprint density at radius 2 is 1.75 bits per heavy atom. The lowest BCUT2D eigenvalue weighted by molar-refractivity contribution is 0.399.